The molecule has 0 aliphatic rings. The zero-order valence-electron chi connectivity index (χ0n) is 16.1. The molecule has 0 aliphatic carbocycles. The molecule has 8 nitrogen and oxygen atoms in total. The summed E-state index contributed by atoms with van der Waals surface area (Å²) in [5, 5.41) is 13.2. The molecule has 0 saturated heterocycles. The molecule has 0 radical (unpaired) electrons. The fourth-order valence-corrected chi connectivity index (χ4v) is 2.91. The third-order valence-electron chi connectivity index (χ3n) is 4.21. The van der Waals surface area contributed by atoms with Gasteiger partial charge in [-0.05, 0) is 36.4 Å². The SMILES string of the molecule is C=CC(=O)Nc1cccc(Nc2nc(Nc3cnn(C)c3)nc3cccc(F)c23)c1. The van der Waals surface area contributed by atoms with Crippen LogP contribution in [0, 0.1) is 5.82 Å². The number of amides is 1. The van der Waals surface area contributed by atoms with Crippen LogP contribution in [0.3, 0.4) is 0 Å². The molecule has 1 amide bonds. The maximum absolute atomic E-state index is 14.6. The molecule has 30 heavy (non-hydrogen) atoms. The number of fused-ring (bicyclic) bond motifs is 1. The average molecular weight is 403 g/mol. The van der Waals surface area contributed by atoms with Gasteiger partial charge in [0.25, 0.3) is 0 Å². The normalized spacial score (nSPS) is 10.6. The lowest BCUT2D eigenvalue weighted by Crippen LogP contribution is -2.07. The highest BCUT2D eigenvalue weighted by molar-refractivity contribution is 5.99. The number of anilines is 5. The Bertz CT molecular complexity index is 1250. The second-order valence-electron chi connectivity index (χ2n) is 6.46. The number of rotatable bonds is 6. The summed E-state index contributed by atoms with van der Waals surface area (Å²) in [5.74, 6) is -0.191. The van der Waals surface area contributed by atoms with Crippen molar-refractivity contribution in [3.05, 3.63) is 73.3 Å². The van der Waals surface area contributed by atoms with Crippen molar-refractivity contribution in [1.29, 1.82) is 0 Å². The van der Waals surface area contributed by atoms with Gasteiger partial charge < -0.3 is 16.0 Å². The van der Waals surface area contributed by atoms with E-state index in [0.717, 1.165) is 0 Å². The number of carbonyl (C=O) groups is 1. The third kappa shape index (κ3) is 4.09. The first kappa shape index (κ1) is 19.1. The van der Waals surface area contributed by atoms with Gasteiger partial charge in [-0.3, -0.25) is 9.48 Å². The Morgan fingerprint density at radius 3 is 2.67 bits per heavy atom. The minimum atomic E-state index is -0.445. The molecule has 0 unspecified atom stereocenters. The predicted octanol–water partition coefficient (Wildman–Crippen LogP) is 4.11. The second kappa shape index (κ2) is 8.00. The molecule has 0 fully saturated rings. The quantitative estimate of drug-likeness (QED) is 0.419. The van der Waals surface area contributed by atoms with E-state index >= 15 is 0 Å². The van der Waals surface area contributed by atoms with E-state index < -0.39 is 5.82 Å². The summed E-state index contributed by atoms with van der Waals surface area (Å²) in [6.07, 6.45) is 4.60. The molecule has 150 valence electrons. The first-order valence-electron chi connectivity index (χ1n) is 9.04. The van der Waals surface area contributed by atoms with E-state index in [9.17, 15) is 9.18 Å². The molecule has 0 saturated carbocycles. The van der Waals surface area contributed by atoms with Crippen molar-refractivity contribution in [3.63, 3.8) is 0 Å². The molecule has 3 N–H and O–H groups in total. The molecule has 0 bridgehead atoms. The molecule has 0 aliphatic heterocycles. The van der Waals surface area contributed by atoms with E-state index in [2.05, 4.69) is 37.6 Å². The van der Waals surface area contributed by atoms with Gasteiger partial charge in [0.05, 0.1) is 22.8 Å². The molecule has 2 aromatic heterocycles. The van der Waals surface area contributed by atoms with Gasteiger partial charge in [-0.1, -0.05) is 18.7 Å². The van der Waals surface area contributed by atoms with Gasteiger partial charge in [0.15, 0.2) is 0 Å². The maximum atomic E-state index is 14.6. The molecular weight excluding hydrogens is 385 g/mol. The molecule has 4 rings (SSSR count). The Hall–Kier alpha value is -4.27. The highest BCUT2D eigenvalue weighted by atomic mass is 19.1. The van der Waals surface area contributed by atoms with Crippen LogP contribution < -0.4 is 16.0 Å². The van der Waals surface area contributed by atoms with Crippen molar-refractivity contribution in [2.24, 2.45) is 7.05 Å². The van der Waals surface area contributed by atoms with Crippen LogP contribution in [-0.2, 0) is 11.8 Å². The number of aromatic nitrogens is 4. The molecular formula is C21H18FN7O. The Morgan fingerprint density at radius 1 is 1.10 bits per heavy atom. The summed E-state index contributed by atoms with van der Waals surface area (Å²) in [6, 6.07) is 11.6. The standard InChI is InChI=1S/C21H18FN7O/c1-3-18(30)24-13-6-4-7-14(10-13)25-20-19-16(22)8-5-9-17(19)27-21(28-20)26-15-11-23-29(2)12-15/h3-12H,1H2,2H3,(H,24,30)(H2,25,26,27,28). The number of carbonyl (C=O) groups excluding carboxylic acids is 1. The first-order chi connectivity index (χ1) is 14.5. The fourth-order valence-electron chi connectivity index (χ4n) is 2.91. The Kier molecular flexibility index (Phi) is 5.08. The molecule has 0 atom stereocenters. The topological polar surface area (TPSA) is 96.8 Å². The average Bonchev–Trinajstić information content (AvgIpc) is 3.12. The summed E-state index contributed by atoms with van der Waals surface area (Å²) in [6.45, 7) is 3.44. The van der Waals surface area contributed by atoms with Gasteiger partial charge in [0.2, 0.25) is 11.9 Å². The van der Waals surface area contributed by atoms with E-state index in [1.165, 1.54) is 12.1 Å². The smallest absolute Gasteiger partial charge is 0.247 e. The zero-order chi connectivity index (χ0) is 21.1. The van der Waals surface area contributed by atoms with Crippen LogP contribution in [0.4, 0.5) is 33.2 Å². The van der Waals surface area contributed by atoms with E-state index in [0.29, 0.717) is 28.5 Å². The number of halogens is 1. The van der Waals surface area contributed by atoms with Gasteiger partial charge >= 0.3 is 0 Å². The van der Waals surface area contributed by atoms with Gasteiger partial charge in [-0.25, -0.2) is 9.37 Å². The van der Waals surface area contributed by atoms with Crippen molar-refractivity contribution in [2.45, 2.75) is 0 Å². The third-order valence-corrected chi connectivity index (χ3v) is 4.21. The van der Waals surface area contributed by atoms with Crippen LogP contribution in [0.5, 0.6) is 0 Å². The van der Waals surface area contributed by atoms with E-state index in [1.807, 2.05) is 0 Å². The lowest BCUT2D eigenvalue weighted by Gasteiger charge is -2.13. The summed E-state index contributed by atoms with van der Waals surface area (Å²) in [7, 11) is 1.80. The van der Waals surface area contributed by atoms with Crippen LogP contribution in [0.2, 0.25) is 0 Å². The predicted molar refractivity (Wildman–Crippen MR) is 115 cm³/mol. The van der Waals surface area contributed by atoms with E-state index in [1.54, 1.807) is 60.5 Å². The Morgan fingerprint density at radius 2 is 1.90 bits per heavy atom. The van der Waals surface area contributed by atoms with Gasteiger partial charge in [-0.2, -0.15) is 10.1 Å². The van der Waals surface area contributed by atoms with Crippen LogP contribution >= 0.6 is 0 Å². The monoisotopic (exact) mass is 403 g/mol. The highest BCUT2D eigenvalue weighted by Gasteiger charge is 2.13. The second-order valence-corrected chi connectivity index (χ2v) is 6.46. The molecule has 0 spiro atoms. The summed E-state index contributed by atoms with van der Waals surface area (Å²) < 4.78 is 16.2. The van der Waals surface area contributed by atoms with Crippen molar-refractivity contribution in [3.8, 4) is 0 Å². The summed E-state index contributed by atoms with van der Waals surface area (Å²) >= 11 is 0. The number of nitrogens with one attached hydrogen (secondary N) is 3. The lowest BCUT2D eigenvalue weighted by molar-refractivity contribution is -0.111. The Balaban J connectivity index is 1.72. The van der Waals surface area contributed by atoms with Crippen LogP contribution in [0.15, 0.2) is 67.5 Å². The molecule has 2 aromatic carbocycles. The number of hydrogen-bond donors (Lipinski definition) is 3. The zero-order valence-corrected chi connectivity index (χ0v) is 16.1. The summed E-state index contributed by atoms with van der Waals surface area (Å²) in [5.41, 5.74) is 2.33. The largest absolute Gasteiger partial charge is 0.339 e. The van der Waals surface area contributed by atoms with Crippen molar-refractivity contribution in [1.82, 2.24) is 19.7 Å². The van der Waals surface area contributed by atoms with Crippen LogP contribution in [0.1, 0.15) is 0 Å². The van der Waals surface area contributed by atoms with Crippen molar-refractivity contribution >= 4 is 45.6 Å². The Labute approximate surface area is 171 Å². The van der Waals surface area contributed by atoms with Crippen molar-refractivity contribution in [2.75, 3.05) is 16.0 Å². The number of benzene rings is 2. The first-order valence-corrected chi connectivity index (χ1v) is 9.04. The molecule has 9 heteroatoms. The van der Waals surface area contributed by atoms with Crippen LogP contribution in [0.25, 0.3) is 10.9 Å². The fraction of sp³-hybridized carbons (Fsp3) is 0.0476. The van der Waals surface area contributed by atoms with Gasteiger partial charge in [0, 0.05) is 24.6 Å². The highest BCUT2D eigenvalue weighted by Crippen LogP contribution is 2.29. The maximum Gasteiger partial charge on any atom is 0.247 e. The van der Waals surface area contributed by atoms with Crippen LogP contribution in [-0.4, -0.2) is 25.7 Å². The van der Waals surface area contributed by atoms with Gasteiger partial charge in [-0.15, -0.1) is 0 Å². The minimum absolute atomic E-state index is 0.259. The summed E-state index contributed by atoms with van der Waals surface area (Å²) in [4.78, 5) is 20.4. The lowest BCUT2D eigenvalue weighted by atomic mass is 10.2. The number of aryl methyl sites for hydroxylation is 1. The van der Waals surface area contributed by atoms with Gasteiger partial charge in [0.1, 0.15) is 11.6 Å². The minimum Gasteiger partial charge on any atom is -0.339 e. The van der Waals surface area contributed by atoms with E-state index in [-0.39, 0.29) is 17.1 Å². The number of hydrogen-bond acceptors (Lipinski definition) is 6. The van der Waals surface area contributed by atoms with Crippen molar-refractivity contribution < 1.29 is 9.18 Å². The number of nitrogens with zero attached hydrogens (tertiary/aromatic N) is 4. The molecule has 2 heterocycles. The van der Waals surface area contributed by atoms with E-state index in [4.69, 9.17) is 0 Å². The molecule has 4 aromatic rings.